The van der Waals surface area contributed by atoms with E-state index in [9.17, 15) is 29.7 Å². The maximum absolute atomic E-state index is 12.9. The Morgan fingerprint density at radius 3 is 2.48 bits per heavy atom. The number of aliphatic hydroxyl groups is 3. The molecule has 1 aromatic heterocycles. The van der Waals surface area contributed by atoms with Crippen molar-refractivity contribution in [2.45, 2.75) is 25.0 Å². The van der Waals surface area contributed by atoms with E-state index < -0.39 is 17.7 Å². The number of ether oxygens (including phenoxy) is 1. The topological polar surface area (TPSA) is 229 Å². The first kappa shape index (κ1) is 30.7. The van der Waals surface area contributed by atoms with Crippen molar-refractivity contribution in [3.8, 4) is 16.3 Å². The summed E-state index contributed by atoms with van der Waals surface area (Å²) in [6.45, 7) is 1.27. The molecule has 1 saturated heterocycles. The van der Waals surface area contributed by atoms with Crippen molar-refractivity contribution in [3.63, 3.8) is 0 Å². The van der Waals surface area contributed by atoms with Crippen molar-refractivity contribution in [1.29, 1.82) is 0 Å². The van der Waals surface area contributed by atoms with Crippen LogP contribution in [0, 0.1) is 5.92 Å². The summed E-state index contributed by atoms with van der Waals surface area (Å²) < 4.78 is 5.65. The van der Waals surface area contributed by atoms with Gasteiger partial charge in [-0.2, -0.15) is 0 Å². The van der Waals surface area contributed by atoms with Crippen molar-refractivity contribution in [3.05, 3.63) is 52.6 Å². The number of thiazole rings is 1. The van der Waals surface area contributed by atoms with Crippen molar-refractivity contribution >= 4 is 34.7 Å². The summed E-state index contributed by atoms with van der Waals surface area (Å²) in [5.41, 5.74) is 12.0. The Hall–Kier alpha value is -4.22. The standard InChI is InChI=1S/C26H34N8O7S/c1-33(2)14-11-34(12-14)25(37)18-10-29-24(42-18)15-5-4-6-16(21(15)41-3)30-17(20(28)23(36)32-26(38,39)40)9-19(27)31-22(35)13-7-8-13/h4-6,9-10,13-14,30,38-40H,7-8,11-12,27-28H2,1-3H3,(H,31,35)(H,32,36)/b19-9+,20-17+. The Morgan fingerprint density at radius 1 is 1.19 bits per heavy atom. The van der Waals surface area contributed by atoms with E-state index in [1.165, 1.54) is 36.0 Å². The molecule has 0 unspecified atom stereocenters. The molecule has 2 heterocycles. The number of hydrogen-bond acceptors (Lipinski definition) is 13. The monoisotopic (exact) mass is 602 g/mol. The number of nitrogens with zero attached hydrogens (tertiary/aromatic N) is 3. The highest BCUT2D eigenvalue weighted by Gasteiger charge is 2.34. The van der Waals surface area contributed by atoms with Gasteiger partial charge in [-0.15, -0.1) is 11.3 Å². The number of para-hydroxylation sites is 1. The van der Waals surface area contributed by atoms with Gasteiger partial charge in [0, 0.05) is 31.1 Å². The van der Waals surface area contributed by atoms with E-state index in [1.54, 1.807) is 23.1 Å². The Kier molecular flexibility index (Phi) is 9.03. The van der Waals surface area contributed by atoms with Crippen molar-refractivity contribution in [2.75, 3.05) is 39.6 Å². The number of amides is 3. The van der Waals surface area contributed by atoms with E-state index in [4.69, 9.17) is 16.2 Å². The lowest BCUT2D eigenvalue weighted by Gasteiger charge is -2.42. The van der Waals surface area contributed by atoms with E-state index in [1.807, 2.05) is 14.1 Å². The molecule has 1 saturated carbocycles. The molecule has 42 heavy (non-hydrogen) atoms. The first-order chi connectivity index (χ1) is 19.8. The lowest BCUT2D eigenvalue weighted by atomic mass is 10.1. The number of anilines is 1. The van der Waals surface area contributed by atoms with Crippen LogP contribution >= 0.6 is 11.3 Å². The molecule has 3 amide bonds. The van der Waals surface area contributed by atoms with Crippen molar-refractivity contribution < 1.29 is 34.4 Å². The zero-order valence-electron chi connectivity index (χ0n) is 23.2. The number of likely N-dealkylation sites (N-methyl/N-ethyl adjacent to an activating group) is 1. The van der Waals surface area contributed by atoms with Gasteiger partial charge in [-0.1, -0.05) is 6.07 Å². The van der Waals surface area contributed by atoms with Crippen molar-refractivity contribution in [2.24, 2.45) is 17.4 Å². The summed E-state index contributed by atoms with van der Waals surface area (Å²) in [5, 5.41) is 35.0. The number of aromatic nitrogens is 1. The van der Waals surface area contributed by atoms with E-state index in [2.05, 4.69) is 20.5 Å². The summed E-state index contributed by atoms with van der Waals surface area (Å²) in [6.07, 6.45) is 0.611. The normalized spacial score (nSPS) is 16.5. The Balaban J connectivity index is 1.63. The van der Waals surface area contributed by atoms with Crippen LogP contribution in [0.1, 0.15) is 22.5 Å². The van der Waals surface area contributed by atoms with Gasteiger partial charge < -0.3 is 52.0 Å². The van der Waals surface area contributed by atoms with Crippen LogP contribution in [0.5, 0.6) is 5.75 Å². The molecule has 1 aromatic carbocycles. The Labute approximate surface area is 245 Å². The highest BCUT2D eigenvalue weighted by molar-refractivity contribution is 7.17. The molecular formula is C26H34N8O7S. The average Bonchev–Trinajstić information content (AvgIpc) is 3.62. The smallest absolute Gasteiger partial charge is 0.369 e. The van der Waals surface area contributed by atoms with Crippen LogP contribution in [0.3, 0.4) is 0 Å². The minimum atomic E-state index is -3.54. The lowest BCUT2D eigenvalue weighted by Crippen LogP contribution is -2.59. The second-order valence-corrected chi connectivity index (χ2v) is 11.2. The number of carbonyl (C=O) groups is 3. The third-order valence-corrected chi connectivity index (χ3v) is 7.67. The zero-order valence-corrected chi connectivity index (χ0v) is 24.1. The van der Waals surface area contributed by atoms with Crippen LogP contribution in [0.25, 0.3) is 10.6 Å². The molecule has 0 bridgehead atoms. The first-order valence-electron chi connectivity index (χ1n) is 12.9. The van der Waals surface area contributed by atoms with Crippen LogP contribution in [0.4, 0.5) is 5.69 Å². The average molecular weight is 603 g/mol. The van der Waals surface area contributed by atoms with Gasteiger partial charge >= 0.3 is 6.10 Å². The minimum absolute atomic E-state index is 0.115. The fourth-order valence-electron chi connectivity index (χ4n) is 4.07. The molecule has 0 atom stereocenters. The fraction of sp³-hybridized carbons (Fsp3) is 0.385. The Morgan fingerprint density at radius 2 is 1.88 bits per heavy atom. The van der Waals surface area contributed by atoms with Gasteiger partial charge in [-0.05, 0) is 39.1 Å². The second kappa shape index (κ2) is 12.3. The molecule has 1 aliphatic heterocycles. The largest absolute Gasteiger partial charge is 0.494 e. The predicted octanol–water partition coefficient (Wildman–Crippen LogP) is -1.18. The van der Waals surface area contributed by atoms with Crippen LogP contribution < -0.4 is 32.2 Å². The van der Waals surface area contributed by atoms with Gasteiger partial charge in [-0.3, -0.25) is 19.7 Å². The maximum atomic E-state index is 12.9. The quantitative estimate of drug-likeness (QED) is 0.0863. The number of carbonyl (C=O) groups excluding carboxylic acids is 3. The molecule has 0 radical (unpaired) electrons. The van der Waals surface area contributed by atoms with Gasteiger partial charge in [0.05, 0.1) is 30.3 Å². The molecule has 0 spiro atoms. The van der Waals surface area contributed by atoms with Gasteiger partial charge in [0.1, 0.15) is 21.4 Å². The second-order valence-electron chi connectivity index (χ2n) is 10.1. The predicted molar refractivity (Wildman–Crippen MR) is 153 cm³/mol. The summed E-state index contributed by atoms with van der Waals surface area (Å²) >= 11 is 1.19. The number of rotatable bonds is 11. The zero-order chi connectivity index (χ0) is 30.8. The van der Waals surface area contributed by atoms with Gasteiger partial charge in [-0.25, -0.2) is 4.98 Å². The molecule has 226 valence electrons. The summed E-state index contributed by atoms with van der Waals surface area (Å²) in [4.78, 5) is 46.3. The van der Waals surface area contributed by atoms with Crippen molar-refractivity contribution in [1.82, 2.24) is 25.4 Å². The van der Waals surface area contributed by atoms with Crippen LogP contribution in [0.15, 0.2) is 47.7 Å². The van der Waals surface area contributed by atoms with Crippen LogP contribution in [0.2, 0.25) is 0 Å². The van der Waals surface area contributed by atoms with Gasteiger partial charge in [0.15, 0.2) is 5.75 Å². The molecule has 2 aromatic rings. The highest BCUT2D eigenvalue weighted by Crippen LogP contribution is 2.39. The van der Waals surface area contributed by atoms with E-state index >= 15 is 0 Å². The molecule has 10 N–H and O–H groups in total. The van der Waals surface area contributed by atoms with Gasteiger partial charge in [0.25, 0.3) is 11.8 Å². The van der Waals surface area contributed by atoms with Crippen LogP contribution in [-0.4, -0.2) is 94.3 Å². The number of likely N-dealkylation sites (tertiary alicyclic amines) is 1. The molecule has 16 heteroatoms. The van der Waals surface area contributed by atoms with E-state index in [0.29, 0.717) is 40.3 Å². The number of nitrogens with one attached hydrogen (secondary N) is 3. The minimum Gasteiger partial charge on any atom is -0.494 e. The molecule has 1 aliphatic carbocycles. The Bertz CT molecular complexity index is 1420. The lowest BCUT2D eigenvalue weighted by molar-refractivity contribution is -0.325. The van der Waals surface area contributed by atoms with Gasteiger partial charge in [0.2, 0.25) is 5.91 Å². The highest BCUT2D eigenvalue weighted by atomic mass is 32.1. The molecular weight excluding hydrogens is 568 g/mol. The fourth-order valence-corrected chi connectivity index (χ4v) is 4.98. The SMILES string of the molecule is COc1c(NC(/C=C(\N)NC(=O)C2CC2)=C(/N)C(=O)NC(O)(O)O)cccc1-c1ncc(C(=O)N2CC(N(C)C)C2)s1. The number of benzene rings is 1. The number of methoxy groups -OCH3 is 1. The number of allylic oxidation sites excluding steroid dienone is 1. The van der Waals surface area contributed by atoms with Crippen LogP contribution in [-0.2, 0) is 9.59 Å². The third-order valence-electron chi connectivity index (χ3n) is 6.65. The number of nitrogens with two attached hydrogens (primary N) is 2. The molecule has 4 rings (SSSR count). The third kappa shape index (κ3) is 7.34. The number of hydrogen-bond donors (Lipinski definition) is 8. The first-order valence-corrected chi connectivity index (χ1v) is 13.7. The van der Waals surface area contributed by atoms with E-state index in [0.717, 1.165) is 12.8 Å². The maximum Gasteiger partial charge on any atom is 0.369 e. The molecule has 2 aliphatic rings. The summed E-state index contributed by atoms with van der Waals surface area (Å²) in [6, 6.07) is 5.33. The van der Waals surface area contributed by atoms with E-state index in [-0.39, 0.29) is 35.0 Å². The summed E-state index contributed by atoms with van der Waals surface area (Å²) in [5.74, 6) is -1.69. The molecule has 15 nitrogen and oxygen atoms in total. The molecule has 2 fully saturated rings. The summed E-state index contributed by atoms with van der Waals surface area (Å²) in [7, 11) is 5.36.